The molecule has 2 fully saturated rings. The second kappa shape index (κ2) is 4.42. The highest BCUT2D eigenvalue weighted by Crippen LogP contribution is 2.40. The van der Waals surface area contributed by atoms with E-state index < -0.39 is 11.7 Å². The molecular weight excluding hydrogens is 238 g/mol. The highest BCUT2D eigenvalue weighted by molar-refractivity contribution is 5.69. The van der Waals surface area contributed by atoms with Crippen molar-refractivity contribution < 1.29 is 23.8 Å². The van der Waals surface area contributed by atoms with Gasteiger partial charge >= 0.3 is 12.1 Å². The Bertz CT molecular complexity index is 362. The van der Waals surface area contributed by atoms with Gasteiger partial charge in [-0.3, -0.25) is 4.79 Å². The zero-order valence-electron chi connectivity index (χ0n) is 11.1. The van der Waals surface area contributed by atoms with E-state index in [4.69, 9.17) is 14.2 Å². The van der Waals surface area contributed by atoms with Gasteiger partial charge in [0.2, 0.25) is 0 Å². The summed E-state index contributed by atoms with van der Waals surface area (Å²) in [4.78, 5) is 22.7. The van der Waals surface area contributed by atoms with Crippen molar-refractivity contribution >= 4 is 12.1 Å². The monoisotopic (exact) mass is 257 g/mol. The lowest BCUT2D eigenvalue weighted by molar-refractivity contribution is -0.148. The number of hydrogen-bond acceptors (Lipinski definition) is 5. The standard InChI is InChI=1S/C12H19NO5/c1-6(14)16-7-5-8-10(17-8)9(7)13-11(15)18-12(2,3)4/h7-10H,5H2,1-4H3,(H,13,15)/t7-,8-,9+,10-/m1/s1. The van der Waals surface area contributed by atoms with E-state index in [1.54, 1.807) is 20.8 Å². The van der Waals surface area contributed by atoms with E-state index in [0.717, 1.165) is 0 Å². The molecule has 0 aromatic carbocycles. The fourth-order valence-electron chi connectivity index (χ4n) is 2.20. The van der Waals surface area contributed by atoms with Crippen LogP contribution in [0.2, 0.25) is 0 Å². The summed E-state index contributed by atoms with van der Waals surface area (Å²) in [5.74, 6) is -0.350. The van der Waals surface area contributed by atoms with Crippen LogP contribution in [0.25, 0.3) is 0 Å². The van der Waals surface area contributed by atoms with E-state index in [2.05, 4.69) is 5.32 Å². The Kier molecular flexibility index (Phi) is 3.23. The molecule has 1 saturated heterocycles. The van der Waals surface area contributed by atoms with Gasteiger partial charge in [0.1, 0.15) is 17.8 Å². The molecule has 4 atom stereocenters. The predicted octanol–water partition coefficient (Wildman–Crippen LogP) is 0.982. The van der Waals surface area contributed by atoms with Crippen LogP contribution in [0.3, 0.4) is 0 Å². The topological polar surface area (TPSA) is 77.2 Å². The minimum atomic E-state index is -0.552. The zero-order chi connectivity index (χ0) is 13.5. The molecule has 0 aromatic heterocycles. The molecule has 1 heterocycles. The SMILES string of the molecule is CC(=O)O[C@@H]1C[C@H]2O[C@H]2[C@H]1NC(=O)OC(C)(C)C. The van der Waals surface area contributed by atoms with Crippen LogP contribution in [0.5, 0.6) is 0 Å². The summed E-state index contributed by atoms with van der Waals surface area (Å²) in [6, 6.07) is -0.311. The van der Waals surface area contributed by atoms with Crippen LogP contribution in [0, 0.1) is 0 Å². The van der Waals surface area contributed by atoms with Crippen LogP contribution in [0.15, 0.2) is 0 Å². The largest absolute Gasteiger partial charge is 0.460 e. The number of carbonyl (C=O) groups excluding carboxylic acids is 2. The van der Waals surface area contributed by atoms with Gasteiger partial charge < -0.3 is 19.5 Å². The summed E-state index contributed by atoms with van der Waals surface area (Å²) in [5, 5.41) is 2.72. The van der Waals surface area contributed by atoms with Gasteiger partial charge in [0.25, 0.3) is 0 Å². The number of ether oxygens (including phenoxy) is 3. The van der Waals surface area contributed by atoms with E-state index in [1.807, 2.05) is 0 Å². The molecule has 1 amide bonds. The maximum absolute atomic E-state index is 11.7. The Morgan fingerprint density at radius 1 is 1.33 bits per heavy atom. The van der Waals surface area contributed by atoms with Crippen molar-refractivity contribution in [3.63, 3.8) is 0 Å². The first-order valence-corrected chi connectivity index (χ1v) is 6.08. The summed E-state index contributed by atoms with van der Waals surface area (Å²) in [5.41, 5.74) is -0.552. The van der Waals surface area contributed by atoms with E-state index in [1.165, 1.54) is 6.92 Å². The van der Waals surface area contributed by atoms with Crippen LogP contribution in [-0.4, -0.2) is 42.0 Å². The molecule has 1 aliphatic carbocycles. The van der Waals surface area contributed by atoms with Gasteiger partial charge in [0.05, 0.1) is 12.1 Å². The van der Waals surface area contributed by atoms with Gasteiger partial charge in [-0.1, -0.05) is 0 Å². The fraction of sp³-hybridized carbons (Fsp3) is 0.833. The minimum Gasteiger partial charge on any atom is -0.460 e. The Labute approximate surface area is 106 Å². The van der Waals surface area contributed by atoms with Gasteiger partial charge in [-0.05, 0) is 20.8 Å². The molecule has 18 heavy (non-hydrogen) atoms. The predicted molar refractivity (Wildman–Crippen MR) is 62.0 cm³/mol. The number of rotatable bonds is 2. The average Bonchev–Trinajstić information content (AvgIpc) is 2.82. The number of hydrogen-bond donors (Lipinski definition) is 1. The van der Waals surface area contributed by atoms with Crippen molar-refractivity contribution in [3.8, 4) is 0 Å². The molecular formula is C12H19NO5. The molecule has 2 rings (SSSR count). The van der Waals surface area contributed by atoms with Crippen LogP contribution < -0.4 is 5.32 Å². The summed E-state index contributed by atoms with van der Waals surface area (Å²) in [6.45, 7) is 6.74. The molecule has 1 N–H and O–H groups in total. The second-order valence-electron chi connectivity index (χ2n) is 5.69. The third-order valence-corrected chi connectivity index (χ3v) is 2.84. The third-order valence-electron chi connectivity index (χ3n) is 2.84. The van der Waals surface area contributed by atoms with E-state index in [-0.39, 0.29) is 30.3 Å². The van der Waals surface area contributed by atoms with Gasteiger partial charge in [-0.25, -0.2) is 4.79 Å². The normalized spacial score (nSPS) is 33.6. The van der Waals surface area contributed by atoms with Gasteiger partial charge in [0, 0.05) is 13.3 Å². The lowest BCUT2D eigenvalue weighted by atomic mass is 10.2. The van der Waals surface area contributed by atoms with Crippen molar-refractivity contribution in [1.29, 1.82) is 0 Å². The highest BCUT2D eigenvalue weighted by atomic mass is 16.6. The zero-order valence-corrected chi connectivity index (χ0v) is 11.1. The molecule has 0 bridgehead atoms. The van der Waals surface area contributed by atoms with Gasteiger partial charge in [0.15, 0.2) is 0 Å². The van der Waals surface area contributed by atoms with Crippen LogP contribution in [-0.2, 0) is 19.0 Å². The second-order valence-corrected chi connectivity index (χ2v) is 5.69. The number of alkyl carbamates (subject to hydrolysis) is 1. The molecule has 6 nitrogen and oxygen atoms in total. The first-order valence-electron chi connectivity index (χ1n) is 6.08. The van der Waals surface area contributed by atoms with E-state index in [9.17, 15) is 9.59 Å². The van der Waals surface area contributed by atoms with Crippen molar-refractivity contribution in [1.82, 2.24) is 5.32 Å². The summed E-state index contributed by atoms with van der Waals surface area (Å²) in [6.07, 6.45) is -0.166. The minimum absolute atomic E-state index is 0.0538. The van der Waals surface area contributed by atoms with Crippen molar-refractivity contribution in [3.05, 3.63) is 0 Å². The fourth-order valence-corrected chi connectivity index (χ4v) is 2.20. The molecule has 0 unspecified atom stereocenters. The van der Waals surface area contributed by atoms with Gasteiger partial charge in [-0.2, -0.15) is 0 Å². The maximum atomic E-state index is 11.7. The maximum Gasteiger partial charge on any atom is 0.408 e. The van der Waals surface area contributed by atoms with E-state index in [0.29, 0.717) is 6.42 Å². The van der Waals surface area contributed by atoms with Crippen LogP contribution in [0.1, 0.15) is 34.1 Å². The molecule has 6 heteroatoms. The Balaban J connectivity index is 1.90. The van der Waals surface area contributed by atoms with Crippen molar-refractivity contribution in [2.45, 2.75) is 64.1 Å². The molecule has 0 spiro atoms. The number of nitrogens with one attached hydrogen (secondary N) is 1. The van der Waals surface area contributed by atoms with Gasteiger partial charge in [-0.15, -0.1) is 0 Å². The van der Waals surface area contributed by atoms with Crippen LogP contribution in [0.4, 0.5) is 4.79 Å². The number of epoxide rings is 1. The summed E-state index contributed by atoms with van der Waals surface area (Å²) < 4.78 is 15.7. The number of amides is 1. The quantitative estimate of drug-likeness (QED) is 0.589. The first kappa shape index (κ1) is 13.1. The summed E-state index contributed by atoms with van der Waals surface area (Å²) in [7, 11) is 0. The Hall–Kier alpha value is -1.30. The first-order chi connectivity index (χ1) is 8.26. The number of esters is 1. The van der Waals surface area contributed by atoms with Crippen LogP contribution >= 0.6 is 0 Å². The smallest absolute Gasteiger partial charge is 0.408 e. The van der Waals surface area contributed by atoms with Crippen molar-refractivity contribution in [2.75, 3.05) is 0 Å². The molecule has 2 aliphatic rings. The van der Waals surface area contributed by atoms with E-state index >= 15 is 0 Å². The average molecular weight is 257 g/mol. The Morgan fingerprint density at radius 2 is 2.00 bits per heavy atom. The Morgan fingerprint density at radius 3 is 2.56 bits per heavy atom. The molecule has 1 aliphatic heterocycles. The molecule has 0 radical (unpaired) electrons. The molecule has 102 valence electrons. The number of fused-ring (bicyclic) bond motifs is 1. The lowest BCUT2D eigenvalue weighted by Crippen LogP contribution is -2.47. The molecule has 1 saturated carbocycles. The lowest BCUT2D eigenvalue weighted by Gasteiger charge is -2.25. The van der Waals surface area contributed by atoms with Crippen molar-refractivity contribution in [2.24, 2.45) is 0 Å². The third kappa shape index (κ3) is 3.13. The highest BCUT2D eigenvalue weighted by Gasteiger charge is 2.58. The molecule has 0 aromatic rings. The summed E-state index contributed by atoms with van der Waals surface area (Å²) >= 11 is 0. The number of carbonyl (C=O) groups is 2.